The lowest BCUT2D eigenvalue weighted by atomic mass is 10.3. The first-order chi connectivity index (χ1) is 7.81. The number of rotatable bonds is 2. The summed E-state index contributed by atoms with van der Waals surface area (Å²) in [5.41, 5.74) is 7.39. The molecule has 4 N–H and O–H groups in total. The second kappa shape index (κ2) is 3.34. The minimum Gasteiger partial charge on any atom is -0.367 e. The number of hydrogen-bond donors (Lipinski definition) is 3. The molecule has 0 unspecified atom stereocenters. The summed E-state index contributed by atoms with van der Waals surface area (Å²) in [6, 6.07) is 7.88. The van der Waals surface area contributed by atoms with Crippen LogP contribution in [0.15, 0.2) is 24.3 Å². The molecule has 0 amide bonds. The van der Waals surface area contributed by atoms with Gasteiger partial charge in [-0.25, -0.2) is 4.98 Å². The number of anilines is 1. The number of para-hydroxylation sites is 2. The minimum absolute atomic E-state index is 0.256. The summed E-state index contributed by atoms with van der Waals surface area (Å²) in [6.07, 6.45) is 0.568. The Hall–Kier alpha value is -2.37. The second-order valence-electron chi connectivity index (χ2n) is 3.52. The first kappa shape index (κ1) is 8.90. The highest BCUT2D eigenvalue weighted by Crippen LogP contribution is 2.11. The molecular weight excluding hydrogens is 204 g/mol. The highest BCUT2D eigenvalue weighted by molar-refractivity contribution is 5.74. The SMILES string of the molecule is Nc1n[nH]c(Cc2nc3ccccc3[nH]2)n1. The van der Waals surface area contributed by atoms with Crippen molar-refractivity contribution in [3.63, 3.8) is 0 Å². The monoisotopic (exact) mass is 214 g/mol. The summed E-state index contributed by atoms with van der Waals surface area (Å²) in [5.74, 6) is 1.81. The van der Waals surface area contributed by atoms with Crippen LogP contribution in [0.25, 0.3) is 11.0 Å². The quantitative estimate of drug-likeness (QED) is 0.589. The number of imidazole rings is 1. The van der Waals surface area contributed by atoms with Gasteiger partial charge in [-0.3, -0.25) is 5.10 Å². The van der Waals surface area contributed by atoms with Crippen LogP contribution in [-0.2, 0) is 6.42 Å². The lowest BCUT2D eigenvalue weighted by molar-refractivity contribution is 0.924. The van der Waals surface area contributed by atoms with E-state index in [0.29, 0.717) is 12.2 Å². The molecule has 16 heavy (non-hydrogen) atoms. The van der Waals surface area contributed by atoms with E-state index in [0.717, 1.165) is 16.9 Å². The van der Waals surface area contributed by atoms with Gasteiger partial charge in [-0.15, -0.1) is 5.10 Å². The number of aromatic amines is 2. The maximum absolute atomic E-state index is 5.42. The van der Waals surface area contributed by atoms with Crippen molar-refractivity contribution >= 4 is 17.0 Å². The van der Waals surface area contributed by atoms with E-state index < -0.39 is 0 Å². The lowest BCUT2D eigenvalue weighted by Gasteiger charge is -1.89. The average molecular weight is 214 g/mol. The van der Waals surface area contributed by atoms with Gasteiger partial charge in [-0.05, 0) is 12.1 Å². The van der Waals surface area contributed by atoms with Crippen LogP contribution in [0.1, 0.15) is 11.6 Å². The number of nitrogens with zero attached hydrogens (tertiary/aromatic N) is 3. The Morgan fingerprint density at radius 1 is 1.12 bits per heavy atom. The van der Waals surface area contributed by atoms with Crippen molar-refractivity contribution in [3.8, 4) is 0 Å². The molecule has 0 radical (unpaired) electrons. The van der Waals surface area contributed by atoms with E-state index in [-0.39, 0.29) is 5.95 Å². The van der Waals surface area contributed by atoms with Crippen LogP contribution in [-0.4, -0.2) is 25.1 Å². The summed E-state index contributed by atoms with van der Waals surface area (Å²) in [6.45, 7) is 0. The molecule has 0 spiro atoms. The number of nitrogens with two attached hydrogens (primary N) is 1. The van der Waals surface area contributed by atoms with Crippen LogP contribution in [0.3, 0.4) is 0 Å². The Morgan fingerprint density at radius 3 is 2.75 bits per heavy atom. The fourth-order valence-corrected chi connectivity index (χ4v) is 1.64. The highest BCUT2D eigenvalue weighted by atomic mass is 15.3. The predicted molar refractivity (Wildman–Crippen MR) is 59.7 cm³/mol. The zero-order valence-corrected chi connectivity index (χ0v) is 8.44. The van der Waals surface area contributed by atoms with E-state index in [2.05, 4.69) is 25.1 Å². The first-order valence-electron chi connectivity index (χ1n) is 4.91. The summed E-state index contributed by atoms with van der Waals surface area (Å²) < 4.78 is 0. The van der Waals surface area contributed by atoms with Crippen molar-refractivity contribution in [2.75, 3.05) is 5.73 Å². The third-order valence-electron chi connectivity index (χ3n) is 2.32. The molecule has 0 aliphatic heterocycles. The number of aromatic nitrogens is 5. The fourth-order valence-electron chi connectivity index (χ4n) is 1.64. The van der Waals surface area contributed by atoms with Crippen LogP contribution in [0.4, 0.5) is 5.95 Å². The van der Waals surface area contributed by atoms with Crippen molar-refractivity contribution in [1.29, 1.82) is 0 Å². The zero-order chi connectivity index (χ0) is 11.0. The molecule has 0 aliphatic carbocycles. The Morgan fingerprint density at radius 2 is 2.00 bits per heavy atom. The topological polar surface area (TPSA) is 96.3 Å². The Balaban J connectivity index is 1.95. The Bertz CT molecular complexity index is 590. The van der Waals surface area contributed by atoms with E-state index in [1.165, 1.54) is 0 Å². The molecule has 0 saturated heterocycles. The van der Waals surface area contributed by atoms with Crippen LogP contribution in [0, 0.1) is 0 Å². The van der Waals surface area contributed by atoms with Gasteiger partial charge in [-0.1, -0.05) is 12.1 Å². The third-order valence-corrected chi connectivity index (χ3v) is 2.32. The molecule has 2 heterocycles. The summed E-state index contributed by atoms with van der Waals surface area (Å²) in [5, 5.41) is 6.52. The molecule has 0 atom stereocenters. The number of nitrogens with one attached hydrogen (secondary N) is 2. The van der Waals surface area contributed by atoms with Crippen LogP contribution in [0.5, 0.6) is 0 Å². The Labute approximate surface area is 90.9 Å². The number of fused-ring (bicyclic) bond motifs is 1. The smallest absolute Gasteiger partial charge is 0.239 e. The van der Waals surface area contributed by atoms with Gasteiger partial charge in [0.05, 0.1) is 17.5 Å². The van der Waals surface area contributed by atoms with E-state index in [1.807, 2.05) is 24.3 Å². The number of hydrogen-bond acceptors (Lipinski definition) is 4. The summed E-state index contributed by atoms with van der Waals surface area (Å²) in [4.78, 5) is 11.7. The standard InChI is InChI=1S/C10H10N6/c11-10-14-9(15-16-10)5-8-12-6-3-1-2-4-7(6)13-8/h1-4H,5H2,(H,12,13)(H3,11,14,15,16). The van der Waals surface area contributed by atoms with E-state index in [4.69, 9.17) is 5.73 Å². The maximum Gasteiger partial charge on any atom is 0.239 e. The van der Waals surface area contributed by atoms with Crippen LogP contribution < -0.4 is 5.73 Å². The van der Waals surface area contributed by atoms with Crippen molar-refractivity contribution in [3.05, 3.63) is 35.9 Å². The van der Waals surface area contributed by atoms with Gasteiger partial charge >= 0.3 is 0 Å². The second-order valence-corrected chi connectivity index (χ2v) is 3.52. The molecule has 2 aromatic heterocycles. The van der Waals surface area contributed by atoms with Gasteiger partial charge in [0.25, 0.3) is 0 Å². The summed E-state index contributed by atoms with van der Waals surface area (Å²) >= 11 is 0. The molecule has 0 saturated carbocycles. The molecule has 6 nitrogen and oxygen atoms in total. The largest absolute Gasteiger partial charge is 0.367 e. The molecule has 6 heteroatoms. The maximum atomic E-state index is 5.42. The lowest BCUT2D eigenvalue weighted by Crippen LogP contribution is -1.93. The van der Waals surface area contributed by atoms with E-state index in [1.54, 1.807) is 0 Å². The minimum atomic E-state index is 0.256. The number of benzene rings is 1. The molecule has 0 bridgehead atoms. The zero-order valence-electron chi connectivity index (χ0n) is 8.44. The van der Waals surface area contributed by atoms with Gasteiger partial charge in [-0.2, -0.15) is 4.98 Å². The van der Waals surface area contributed by atoms with Crippen LogP contribution in [0.2, 0.25) is 0 Å². The molecular formula is C10H10N6. The van der Waals surface area contributed by atoms with Crippen molar-refractivity contribution in [2.45, 2.75) is 6.42 Å². The van der Waals surface area contributed by atoms with Gasteiger partial charge in [0, 0.05) is 0 Å². The summed E-state index contributed by atoms with van der Waals surface area (Å²) in [7, 11) is 0. The molecule has 0 aliphatic rings. The molecule has 80 valence electrons. The van der Waals surface area contributed by atoms with Gasteiger partial charge in [0.1, 0.15) is 11.6 Å². The predicted octanol–water partition coefficient (Wildman–Crippen LogP) is 0.854. The normalized spacial score (nSPS) is 11.0. The molecule has 1 aromatic carbocycles. The van der Waals surface area contributed by atoms with E-state index >= 15 is 0 Å². The number of nitrogen functional groups attached to an aromatic ring is 1. The van der Waals surface area contributed by atoms with Crippen LogP contribution >= 0.6 is 0 Å². The van der Waals surface area contributed by atoms with Crippen molar-refractivity contribution < 1.29 is 0 Å². The van der Waals surface area contributed by atoms with Gasteiger partial charge in [0.2, 0.25) is 5.95 Å². The highest BCUT2D eigenvalue weighted by Gasteiger charge is 2.05. The first-order valence-corrected chi connectivity index (χ1v) is 4.91. The van der Waals surface area contributed by atoms with Crippen molar-refractivity contribution in [2.24, 2.45) is 0 Å². The van der Waals surface area contributed by atoms with Crippen molar-refractivity contribution in [1.82, 2.24) is 25.1 Å². The van der Waals surface area contributed by atoms with Gasteiger partial charge < -0.3 is 10.7 Å². The Kier molecular flexibility index (Phi) is 1.86. The molecule has 3 aromatic rings. The molecule has 0 fully saturated rings. The third kappa shape index (κ3) is 1.50. The average Bonchev–Trinajstić information content (AvgIpc) is 2.84. The molecule has 3 rings (SSSR count). The number of H-pyrrole nitrogens is 2. The van der Waals surface area contributed by atoms with E-state index in [9.17, 15) is 0 Å². The fraction of sp³-hybridized carbons (Fsp3) is 0.100. The van der Waals surface area contributed by atoms with Gasteiger partial charge in [0.15, 0.2) is 0 Å².